The number of ether oxygens (including phenoxy) is 1. The Morgan fingerprint density at radius 1 is 1.27 bits per heavy atom. The highest BCUT2D eigenvalue weighted by Gasteiger charge is 2.36. The molecule has 1 unspecified atom stereocenters. The van der Waals surface area contributed by atoms with Crippen molar-refractivity contribution in [3.05, 3.63) is 54.0 Å². The predicted molar refractivity (Wildman–Crippen MR) is 96.9 cm³/mol. The Balaban J connectivity index is 1.64. The molecule has 0 radical (unpaired) electrons. The van der Waals surface area contributed by atoms with Gasteiger partial charge < -0.3 is 19.0 Å². The topological polar surface area (TPSA) is 63.0 Å². The molecule has 1 aliphatic rings. The van der Waals surface area contributed by atoms with Gasteiger partial charge in [0.25, 0.3) is 5.91 Å². The number of likely N-dealkylation sites (tertiary alicyclic amines) is 1. The Morgan fingerprint density at radius 3 is 2.69 bits per heavy atom. The molecule has 1 atom stereocenters. The number of hydrogen-bond donors (Lipinski definition) is 0. The van der Waals surface area contributed by atoms with Crippen LogP contribution in [-0.4, -0.2) is 47.9 Å². The Labute approximate surface area is 153 Å². The summed E-state index contributed by atoms with van der Waals surface area (Å²) >= 11 is 0. The van der Waals surface area contributed by atoms with Gasteiger partial charge in [-0.3, -0.25) is 9.59 Å². The molecule has 6 heteroatoms. The lowest BCUT2D eigenvalue weighted by Crippen LogP contribution is -2.46. The number of hydrogen-bond acceptors (Lipinski definition) is 4. The zero-order chi connectivity index (χ0) is 18.5. The molecular weight excluding hydrogens is 332 g/mol. The predicted octanol–water partition coefficient (Wildman–Crippen LogP) is 2.94. The molecule has 1 saturated heterocycles. The minimum atomic E-state index is -0.430. The molecular formula is C20H24N2O4. The monoisotopic (exact) mass is 356 g/mol. The number of carbonyl (C=O) groups is 2. The Morgan fingerprint density at radius 2 is 2.04 bits per heavy atom. The van der Waals surface area contributed by atoms with E-state index in [-0.39, 0.29) is 17.6 Å². The van der Waals surface area contributed by atoms with Gasteiger partial charge in [-0.05, 0) is 49.6 Å². The van der Waals surface area contributed by atoms with Crippen LogP contribution in [0.1, 0.15) is 35.9 Å². The minimum Gasteiger partial charge on any atom is -0.494 e. The average Bonchev–Trinajstić information content (AvgIpc) is 3.34. The number of rotatable bonds is 6. The third kappa shape index (κ3) is 3.90. The summed E-state index contributed by atoms with van der Waals surface area (Å²) in [6, 6.07) is 10.6. The zero-order valence-electron chi connectivity index (χ0n) is 15.2. The molecule has 138 valence electrons. The van der Waals surface area contributed by atoms with E-state index in [1.165, 1.54) is 6.26 Å². The molecule has 2 aromatic rings. The molecule has 2 heterocycles. The van der Waals surface area contributed by atoms with Gasteiger partial charge in [0.1, 0.15) is 11.8 Å². The molecule has 2 amide bonds. The van der Waals surface area contributed by atoms with Crippen LogP contribution >= 0.6 is 0 Å². The van der Waals surface area contributed by atoms with Gasteiger partial charge in [0.05, 0.1) is 12.9 Å². The first-order chi connectivity index (χ1) is 12.6. The first-order valence-corrected chi connectivity index (χ1v) is 8.91. The second-order valence-corrected chi connectivity index (χ2v) is 6.41. The van der Waals surface area contributed by atoms with Crippen molar-refractivity contribution in [3.8, 4) is 5.75 Å². The molecule has 1 aromatic heterocycles. The van der Waals surface area contributed by atoms with E-state index < -0.39 is 6.04 Å². The molecule has 1 aliphatic heterocycles. The molecule has 0 aliphatic carbocycles. The SMILES string of the molecule is CCOc1ccc(CN(C)C(=O)C2CCCN2C(=O)c2ccco2)cc1. The number of furan rings is 1. The van der Waals surface area contributed by atoms with Crippen LogP contribution in [0.2, 0.25) is 0 Å². The van der Waals surface area contributed by atoms with Crippen molar-refractivity contribution in [2.75, 3.05) is 20.2 Å². The maximum atomic E-state index is 12.9. The first-order valence-electron chi connectivity index (χ1n) is 8.91. The van der Waals surface area contributed by atoms with Gasteiger partial charge in [0, 0.05) is 20.1 Å². The van der Waals surface area contributed by atoms with E-state index in [1.54, 1.807) is 29.0 Å². The molecule has 0 spiro atoms. The number of amides is 2. The van der Waals surface area contributed by atoms with Crippen LogP contribution in [0.5, 0.6) is 5.75 Å². The van der Waals surface area contributed by atoms with Crippen LogP contribution in [0.25, 0.3) is 0 Å². The molecule has 3 rings (SSSR count). The van der Waals surface area contributed by atoms with E-state index >= 15 is 0 Å². The zero-order valence-corrected chi connectivity index (χ0v) is 15.2. The Hall–Kier alpha value is -2.76. The van der Waals surface area contributed by atoms with Gasteiger partial charge >= 0.3 is 0 Å². The summed E-state index contributed by atoms with van der Waals surface area (Å²) < 4.78 is 10.6. The second kappa shape index (κ2) is 8.08. The average molecular weight is 356 g/mol. The number of likely N-dealkylation sites (N-methyl/N-ethyl adjacent to an activating group) is 1. The van der Waals surface area contributed by atoms with Gasteiger partial charge in [-0.25, -0.2) is 0 Å². The molecule has 26 heavy (non-hydrogen) atoms. The van der Waals surface area contributed by atoms with Crippen molar-refractivity contribution in [3.63, 3.8) is 0 Å². The van der Waals surface area contributed by atoms with Crippen molar-refractivity contribution >= 4 is 11.8 Å². The van der Waals surface area contributed by atoms with Crippen molar-refractivity contribution < 1.29 is 18.7 Å². The molecule has 6 nitrogen and oxygen atoms in total. The molecule has 1 aromatic carbocycles. The van der Waals surface area contributed by atoms with Crippen LogP contribution in [-0.2, 0) is 11.3 Å². The van der Waals surface area contributed by atoms with E-state index in [2.05, 4.69) is 0 Å². The molecule has 0 N–H and O–H groups in total. The first kappa shape index (κ1) is 18.0. The van der Waals surface area contributed by atoms with Crippen LogP contribution in [0.15, 0.2) is 47.1 Å². The highest BCUT2D eigenvalue weighted by molar-refractivity contribution is 5.95. The van der Waals surface area contributed by atoms with Gasteiger partial charge in [0.15, 0.2) is 5.76 Å². The third-order valence-electron chi connectivity index (χ3n) is 4.56. The standard InChI is InChI=1S/C20H24N2O4/c1-3-25-16-10-8-15(9-11-16)14-21(2)19(23)17-6-4-12-22(17)20(24)18-7-5-13-26-18/h5,7-11,13,17H,3-4,6,12,14H2,1-2H3. The highest BCUT2D eigenvalue weighted by Crippen LogP contribution is 2.23. The van der Waals surface area contributed by atoms with Crippen LogP contribution in [0, 0.1) is 0 Å². The van der Waals surface area contributed by atoms with Crippen LogP contribution < -0.4 is 4.74 Å². The molecule has 1 fully saturated rings. The summed E-state index contributed by atoms with van der Waals surface area (Å²) in [5, 5.41) is 0. The Bertz CT molecular complexity index is 740. The third-order valence-corrected chi connectivity index (χ3v) is 4.56. The van der Waals surface area contributed by atoms with E-state index in [9.17, 15) is 9.59 Å². The van der Waals surface area contributed by atoms with Crippen molar-refractivity contribution in [2.24, 2.45) is 0 Å². The van der Waals surface area contributed by atoms with Gasteiger partial charge in [-0.2, -0.15) is 0 Å². The van der Waals surface area contributed by atoms with E-state index in [1.807, 2.05) is 31.2 Å². The lowest BCUT2D eigenvalue weighted by atomic mass is 10.1. The molecule has 0 bridgehead atoms. The summed E-state index contributed by atoms with van der Waals surface area (Å²) in [5.41, 5.74) is 1.02. The van der Waals surface area contributed by atoms with E-state index in [0.29, 0.717) is 26.1 Å². The summed E-state index contributed by atoms with van der Waals surface area (Å²) in [6.07, 6.45) is 2.97. The van der Waals surface area contributed by atoms with E-state index in [0.717, 1.165) is 17.7 Å². The van der Waals surface area contributed by atoms with Crippen molar-refractivity contribution in [1.29, 1.82) is 0 Å². The fraction of sp³-hybridized carbons (Fsp3) is 0.400. The van der Waals surface area contributed by atoms with Crippen LogP contribution in [0.4, 0.5) is 0 Å². The summed E-state index contributed by atoms with van der Waals surface area (Å²) in [4.78, 5) is 28.7. The fourth-order valence-corrected chi connectivity index (χ4v) is 3.27. The summed E-state index contributed by atoms with van der Waals surface area (Å²) in [5.74, 6) is 0.826. The largest absolute Gasteiger partial charge is 0.494 e. The fourth-order valence-electron chi connectivity index (χ4n) is 3.27. The smallest absolute Gasteiger partial charge is 0.290 e. The van der Waals surface area contributed by atoms with Crippen molar-refractivity contribution in [1.82, 2.24) is 9.80 Å². The summed E-state index contributed by atoms with van der Waals surface area (Å²) in [6.45, 7) is 3.63. The van der Waals surface area contributed by atoms with Gasteiger partial charge in [-0.1, -0.05) is 12.1 Å². The Kier molecular flexibility index (Phi) is 5.61. The molecule has 0 saturated carbocycles. The number of carbonyl (C=O) groups excluding carboxylic acids is 2. The quantitative estimate of drug-likeness (QED) is 0.798. The lowest BCUT2D eigenvalue weighted by molar-refractivity contribution is -0.134. The maximum absolute atomic E-state index is 12.9. The number of benzene rings is 1. The normalized spacial score (nSPS) is 16.5. The van der Waals surface area contributed by atoms with Crippen molar-refractivity contribution in [2.45, 2.75) is 32.4 Å². The highest BCUT2D eigenvalue weighted by atomic mass is 16.5. The minimum absolute atomic E-state index is 0.0451. The summed E-state index contributed by atoms with van der Waals surface area (Å²) in [7, 11) is 1.77. The number of nitrogens with zero attached hydrogens (tertiary/aromatic N) is 2. The van der Waals surface area contributed by atoms with E-state index in [4.69, 9.17) is 9.15 Å². The second-order valence-electron chi connectivity index (χ2n) is 6.41. The lowest BCUT2D eigenvalue weighted by Gasteiger charge is -2.27. The van der Waals surface area contributed by atoms with Crippen LogP contribution in [0.3, 0.4) is 0 Å². The maximum Gasteiger partial charge on any atom is 0.290 e. The van der Waals surface area contributed by atoms with Gasteiger partial charge in [0.2, 0.25) is 5.91 Å². The van der Waals surface area contributed by atoms with Gasteiger partial charge in [-0.15, -0.1) is 0 Å².